The van der Waals surface area contributed by atoms with Crippen molar-refractivity contribution in [1.82, 2.24) is 0 Å². The fourth-order valence-corrected chi connectivity index (χ4v) is 0. The zero-order valence-corrected chi connectivity index (χ0v) is 9.36. The summed E-state index contributed by atoms with van der Waals surface area (Å²) in [6.45, 7) is 4.53. The van der Waals surface area contributed by atoms with Gasteiger partial charge in [0.2, 0.25) is 0 Å². The SMILES string of the molecule is CC(=O)O.CC(C)O.ClC(Cl)Cl. The van der Waals surface area contributed by atoms with Gasteiger partial charge in [0, 0.05) is 13.0 Å². The van der Waals surface area contributed by atoms with Crippen LogP contribution in [0.5, 0.6) is 0 Å². The number of carboxylic acids is 1. The zero-order chi connectivity index (χ0) is 10.7. The monoisotopic (exact) mass is 238 g/mol. The van der Waals surface area contributed by atoms with Crippen molar-refractivity contribution in [3.63, 3.8) is 0 Å². The Kier molecular flexibility index (Phi) is 21.0. The van der Waals surface area contributed by atoms with Gasteiger partial charge >= 0.3 is 0 Å². The van der Waals surface area contributed by atoms with E-state index in [4.69, 9.17) is 49.8 Å². The maximum absolute atomic E-state index is 9.00. The fourth-order valence-electron chi connectivity index (χ4n) is 0. The quantitative estimate of drug-likeness (QED) is 0.639. The number of aliphatic carboxylic acids is 1. The molecule has 0 saturated carbocycles. The summed E-state index contributed by atoms with van der Waals surface area (Å²) >= 11 is 14.4. The highest BCUT2D eigenvalue weighted by molar-refractivity contribution is 6.63. The molecule has 6 heteroatoms. The molecule has 0 aromatic carbocycles. The van der Waals surface area contributed by atoms with Gasteiger partial charge in [0.25, 0.3) is 5.97 Å². The van der Waals surface area contributed by atoms with Crippen molar-refractivity contribution < 1.29 is 15.0 Å². The van der Waals surface area contributed by atoms with Crippen molar-refractivity contribution >= 4 is 40.8 Å². The highest BCUT2D eigenvalue weighted by Crippen LogP contribution is 2.03. The molecule has 0 spiro atoms. The Balaban J connectivity index is -0.000000101. The summed E-state index contributed by atoms with van der Waals surface area (Å²) < 4.78 is -0.750. The molecule has 0 amide bonds. The van der Waals surface area contributed by atoms with E-state index in [9.17, 15) is 0 Å². The second-order valence-electron chi connectivity index (χ2n) is 1.86. The van der Waals surface area contributed by atoms with Gasteiger partial charge in [-0.15, -0.1) is 0 Å². The van der Waals surface area contributed by atoms with Crippen molar-refractivity contribution in [3.8, 4) is 0 Å². The predicted molar refractivity (Wildman–Crippen MR) is 52.0 cm³/mol. The molecule has 12 heavy (non-hydrogen) atoms. The number of aliphatic hydroxyl groups excluding tert-OH is 1. The van der Waals surface area contributed by atoms with Crippen LogP contribution in [0, 0.1) is 0 Å². The first-order valence-corrected chi connectivity index (χ1v) is 4.30. The Labute approximate surface area is 87.2 Å². The van der Waals surface area contributed by atoms with Crippen LogP contribution < -0.4 is 0 Å². The maximum Gasteiger partial charge on any atom is 0.300 e. The van der Waals surface area contributed by atoms with Gasteiger partial charge in [-0.05, 0) is 13.8 Å². The van der Waals surface area contributed by atoms with Crippen LogP contribution in [0.15, 0.2) is 0 Å². The molecule has 0 radical (unpaired) electrons. The Morgan fingerprint density at radius 2 is 1.25 bits per heavy atom. The summed E-state index contributed by atoms with van der Waals surface area (Å²) in [5, 5.41) is 15.5. The Morgan fingerprint density at radius 1 is 1.25 bits per heavy atom. The number of hydrogen-bond donors (Lipinski definition) is 2. The van der Waals surface area contributed by atoms with Gasteiger partial charge in [0.05, 0.1) is 0 Å². The fraction of sp³-hybridized carbons (Fsp3) is 0.833. The van der Waals surface area contributed by atoms with Gasteiger partial charge < -0.3 is 10.2 Å². The van der Waals surface area contributed by atoms with Gasteiger partial charge in [-0.3, -0.25) is 4.79 Å². The van der Waals surface area contributed by atoms with Crippen molar-refractivity contribution in [3.05, 3.63) is 0 Å². The lowest BCUT2D eigenvalue weighted by molar-refractivity contribution is -0.134. The summed E-state index contributed by atoms with van der Waals surface area (Å²) in [4.78, 5) is 9.00. The van der Waals surface area contributed by atoms with Gasteiger partial charge in [-0.2, -0.15) is 0 Å². The molecule has 0 unspecified atom stereocenters. The number of hydrogen-bond acceptors (Lipinski definition) is 2. The Bertz CT molecular complexity index is 80.5. The van der Waals surface area contributed by atoms with E-state index >= 15 is 0 Å². The third-order valence-corrected chi connectivity index (χ3v) is 0. The summed E-state index contributed by atoms with van der Waals surface area (Å²) in [7, 11) is 0. The van der Waals surface area contributed by atoms with Crippen molar-refractivity contribution in [2.45, 2.75) is 31.2 Å². The molecule has 0 aliphatic rings. The highest BCUT2D eigenvalue weighted by atomic mass is 35.6. The lowest BCUT2D eigenvalue weighted by atomic mass is 10.5. The van der Waals surface area contributed by atoms with E-state index in [0.29, 0.717) is 0 Å². The molecular formula is C6H13Cl3O3. The van der Waals surface area contributed by atoms with E-state index in [-0.39, 0.29) is 6.10 Å². The molecule has 0 heterocycles. The molecule has 0 atom stereocenters. The number of carboxylic acid groups (broad SMARTS) is 1. The largest absolute Gasteiger partial charge is 0.481 e. The normalized spacial score (nSPS) is 8.08. The molecule has 3 nitrogen and oxygen atoms in total. The average molecular weight is 240 g/mol. The van der Waals surface area contributed by atoms with E-state index in [1.807, 2.05) is 0 Å². The van der Waals surface area contributed by atoms with Gasteiger partial charge in [-0.25, -0.2) is 0 Å². The molecule has 76 valence electrons. The summed E-state index contributed by atoms with van der Waals surface area (Å²) in [6.07, 6.45) is -0.167. The minimum Gasteiger partial charge on any atom is -0.481 e. The first-order chi connectivity index (χ1) is 5.20. The van der Waals surface area contributed by atoms with Crippen LogP contribution in [-0.4, -0.2) is 26.6 Å². The van der Waals surface area contributed by atoms with E-state index in [2.05, 4.69) is 0 Å². The van der Waals surface area contributed by atoms with Crippen molar-refractivity contribution in [2.75, 3.05) is 0 Å². The molecule has 0 bridgehead atoms. The van der Waals surface area contributed by atoms with Crippen LogP contribution >= 0.6 is 34.8 Å². The first kappa shape index (κ1) is 18.2. The molecule has 0 rings (SSSR count). The van der Waals surface area contributed by atoms with Crippen LogP contribution in [0.3, 0.4) is 0 Å². The molecule has 0 aromatic heterocycles. The average Bonchev–Trinajstić information content (AvgIpc) is 1.54. The molecule has 2 N–H and O–H groups in total. The topological polar surface area (TPSA) is 57.5 Å². The number of alkyl halides is 3. The molecule has 0 aliphatic carbocycles. The van der Waals surface area contributed by atoms with E-state index in [1.165, 1.54) is 0 Å². The van der Waals surface area contributed by atoms with E-state index < -0.39 is 10.3 Å². The van der Waals surface area contributed by atoms with Crippen LogP contribution in [-0.2, 0) is 4.79 Å². The lowest BCUT2D eigenvalue weighted by Gasteiger charge is -1.80. The third kappa shape index (κ3) is 9900. The molecule has 0 saturated heterocycles. The van der Waals surface area contributed by atoms with Gasteiger partial charge in [0.1, 0.15) is 0 Å². The summed E-state index contributed by atoms with van der Waals surface area (Å²) in [6, 6.07) is 0. The second-order valence-corrected chi connectivity index (χ2v) is 3.84. The zero-order valence-electron chi connectivity index (χ0n) is 7.09. The summed E-state index contributed by atoms with van der Waals surface area (Å²) in [5.41, 5.74) is 0. The second kappa shape index (κ2) is 13.9. The number of rotatable bonds is 0. The standard InChI is InChI=1S/C3H8O.C2H4O2.CHCl3/c1-3(2)4;1-2(3)4;2-1(3)4/h3-4H,1-2H3;1H3,(H,3,4);1H. The first-order valence-electron chi connectivity index (χ1n) is 3.00. The minimum absolute atomic E-state index is 0.167. The molecule has 0 aliphatic heterocycles. The Morgan fingerprint density at radius 3 is 1.25 bits per heavy atom. The van der Waals surface area contributed by atoms with E-state index in [1.54, 1.807) is 13.8 Å². The third-order valence-electron chi connectivity index (χ3n) is 0. The number of aliphatic hydroxyl groups is 1. The maximum atomic E-state index is 9.00. The molecular weight excluding hydrogens is 226 g/mol. The van der Waals surface area contributed by atoms with Gasteiger partial charge in [0.15, 0.2) is 4.30 Å². The molecule has 0 aromatic rings. The lowest BCUT2D eigenvalue weighted by Crippen LogP contribution is -1.85. The Hall–Kier alpha value is 0.300. The highest BCUT2D eigenvalue weighted by Gasteiger charge is 1.78. The van der Waals surface area contributed by atoms with Gasteiger partial charge in [-0.1, -0.05) is 34.8 Å². The van der Waals surface area contributed by atoms with Crippen LogP contribution in [0.25, 0.3) is 0 Å². The van der Waals surface area contributed by atoms with Crippen LogP contribution in [0.1, 0.15) is 20.8 Å². The number of carbonyl (C=O) groups is 1. The predicted octanol–water partition coefficient (Wildman–Crippen LogP) is 2.46. The van der Waals surface area contributed by atoms with E-state index in [0.717, 1.165) is 6.92 Å². The minimum atomic E-state index is -0.833. The smallest absolute Gasteiger partial charge is 0.300 e. The van der Waals surface area contributed by atoms with Crippen molar-refractivity contribution in [1.29, 1.82) is 0 Å². The molecule has 0 fully saturated rings. The summed E-state index contributed by atoms with van der Waals surface area (Å²) in [5.74, 6) is -0.833. The van der Waals surface area contributed by atoms with Crippen molar-refractivity contribution in [2.24, 2.45) is 0 Å². The van der Waals surface area contributed by atoms with Crippen LogP contribution in [0.4, 0.5) is 0 Å². The van der Waals surface area contributed by atoms with Crippen LogP contribution in [0.2, 0.25) is 0 Å². The number of halogens is 3.